The standard InChI is InChI=1S/C9H13NO2S/c1-7(6-11)10-9(12)5-8-3-2-4-13-8/h2-4,7,11H,5-6H2,1H3,(H,10,12)/t7-/m1/s1. The molecule has 0 saturated carbocycles. The molecule has 0 aromatic carbocycles. The number of hydrogen-bond acceptors (Lipinski definition) is 3. The molecule has 0 aliphatic carbocycles. The number of thiophene rings is 1. The van der Waals surface area contributed by atoms with Gasteiger partial charge in [0.2, 0.25) is 5.91 Å². The lowest BCUT2D eigenvalue weighted by atomic mass is 10.3. The summed E-state index contributed by atoms with van der Waals surface area (Å²) in [6.07, 6.45) is 0.405. The number of aliphatic hydroxyl groups is 1. The minimum absolute atomic E-state index is 0.0177. The van der Waals surface area contributed by atoms with Crippen LogP contribution in [0, 0.1) is 0 Å². The average molecular weight is 199 g/mol. The van der Waals surface area contributed by atoms with Gasteiger partial charge in [-0.2, -0.15) is 0 Å². The van der Waals surface area contributed by atoms with Crippen molar-refractivity contribution in [2.45, 2.75) is 19.4 Å². The third kappa shape index (κ3) is 3.57. The quantitative estimate of drug-likeness (QED) is 0.753. The van der Waals surface area contributed by atoms with Crippen LogP contribution in [0.5, 0.6) is 0 Å². The molecule has 1 rings (SSSR count). The van der Waals surface area contributed by atoms with E-state index in [0.29, 0.717) is 6.42 Å². The predicted octanol–water partition coefficient (Wildman–Crippen LogP) is 0.788. The summed E-state index contributed by atoms with van der Waals surface area (Å²) in [5, 5.41) is 13.3. The van der Waals surface area contributed by atoms with Crippen LogP contribution in [0.25, 0.3) is 0 Å². The van der Waals surface area contributed by atoms with Gasteiger partial charge in [0.25, 0.3) is 0 Å². The topological polar surface area (TPSA) is 49.3 Å². The van der Waals surface area contributed by atoms with Gasteiger partial charge in [0, 0.05) is 10.9 Å². The minimum Gasteiger partial charge on any atom is -0.394 e. The van der Waals surface area contributed by atoms with Gasteiger partial charge in [-0.05, 0) is 18.4 Å². The van der Waals surface area contributed by atoms with E-state index in [9.17, 15) is 4.79 Å². The number of carbonyl (C=O) groups is 1. The summed E-state index contributed by atoms with van der Waals surface area (Å²) in [5.41, 5.74) is 0. The summed E-state index contributed by atoms with van der Waals surface area (Å²) < 4.78 is 0. The Balaban J connectivity index is 2.34. The number of carbonyl (C=O) groups excluding carboxylic acids is 1. The van der Waals surface area contributed by atoms with Crippen molar-refractivity contribution in [3.05, 3.63) is 22.4 Å². The lowest BCUT2D eigenvalue weighted by Crippen LogP contribution is -2.35. The first-order valence-electron chi connectivity index (χ1n) is 4.15. The van der Waals surface area contributed by atoms with Crippen LogP contribution in [0.2, 0.25) is 0 Å². The summed E-state index contributed by atoms with van der Waals surface area (Å²) in [4.78, 5) is 12.3. The van der Waals surface area contributed by atoms with E-state index in [0.717, 1.165) is 4.88 Å². The molecule has 1 aromatic rings. The van der Waals surface area contributed by atoms with Crippen LogP contribution < -0.4 is 5.32 Å². The van der Waals surface area contributed by atoms with E-state index in [-0.39, 0.29) is 18.6 Å². The molecule has 2 N–H and O–H groups in total. The summed E-state index contributed by atoms with van der Waals surface area (Å²) in [6, 6.07) is 3.68. The fourth-order valence-electron chi connectivity index (χ4n) is 0.943. The third-order valence-electron chi connectivity index (χ3n) is 1.60. The number of nitrogens with one attached hydrogen (secondary N) is 1. The van der Waals surface area contributed by atoms with E-state index in [4.69, 9.17) is 5.11 Å². The highest BCUT2D eigenvalue weighted by molar-refractivity contribution is 7.10. The number of hydrogen-bond donors (Lipinski definition) is 2. The number of rotatable bonds is 4. The van der Waals surface area contributed by atoms with Crippen molar-refractivity contribution in [3.8, 4) is 0 Å². The van der Waals surface area contributed by atoms with Gasteiger partial charge in [-0.1, -0.05) is 6.07 Å². The molecule has 0 bridgehead atoms. The van der Waals surface area contributed by atoms with Gasteiger partial charge in [0.15, 0.2) is 0 Å². The zero-order valence-corrected chi connectivity index (χ0v) is 8.30. The molecule has 72 valence electrons. The van der Waals surface area contributed by atoms with Gasteiger partial charge in [-0.15, -0.1) is 11.3 Å². The number of amides is 1. The molecule has 0 fully saturated rings. The van der Waals surface area contributed by atoms with E-state index < -0.39 is 0 Å². The maximum Gasteiger partial charge on any atom is 0.225 e. The first kappa shape index (κ1) is 10.2. The van der Waals surface area contributed by atoms with Crippen molar-refractivity contribution >= 4 is 17.2 Å². The van der Waals surface area contributed by atoms with Crippen LogP contribution in [0.1, 0.15) is 11.8 Å². The van der Waals surface area contributed by atoms with Crippen LogP contribution in [-0.4, -0.2) is 23.7 Å². The van der Waals surface area contributed by atoms with Crippen LogP contribution in [0.4, 0.5) is 0 Å². The predicted molar refractivity (Wildman–Crippen MR) is 52.7 cm³/mol. The van der Waals surface area contributed by atoms with Crippen molar-refractivity contribution in [1.82, 2.24) is 5.32 Å². The molecule has 0 unspecified atom stereocenters. The van der Waals surface area contributed by atoms with Gasteiger partial charge < -0.3 is 10.4 Å². The highest BCUT2D eigenvalue weighted by Crippen LogP contribution is 2.08. The molecule has 13 heavy (non-hydrogen) atoms. The minimum atomic E-state index is -0.160. The Morgan fingerprint density at radius 2 is 2.54 bits per heavy atom. The highest BCUT2D eigenvalue weighted by Gasteiger charge is 2.06. The molecule has 0 aliphatic rings. The van der Waals surface area contributed by atoms with Crippen molar-refractivity contribution < 1.29 is 9.90 Å². The second-order valence-corrected chi connectivity index (χ2v) is 3.94. The van der Waals surface area contributed by atoms with Gasteiger partial charge in [-0.25, -0.2) is 0 Å². The third-order valence-corrected chi connectivity index (χ3v) is 2.47. The van der Waals surface area contributed by atoms with Gasteiger partial charge in [0.05, 0.1) is 13.0 Å². The van der Waals surface area contributed by atoms with E-state index in [1.54, 1.807) is 18.3 Å². The van der Waals surface area contributed by atoms with Crippen LogP contribution >= 0.6 is 11.3 Å². The van der Waals surface area contributed by atoms with Crippen molar-refractivity contribution in [2.24, 2.45) is 0 Å². The van der Waals surface area contributed by atoms with E-state index in [1.165, 1.54) is 0 Å². The largest absolute Gasteiger partial charge is 0.394 e. The Hall–Kier alpha value is -0.870. The van der Waals surface area contributed by atoms with Crippen LogP contribution in [-0.2, 0) is 11.2 Å². The van der Waals surface area contributed by atoms with Gasteiger partial charge in [-0.3, -0.25) is 4.79 Å². The molecule has 4 heteroatoms. The van der Waals surface area contributed by atoms with Crippen molar-refractivity contribution in [1.29, 1.82) is 0 Å². The molecule has 0 radical (unpaired) electrons. The monoisotopic (exact) mass is 199 g/mol. The smallest absolute Gasteiger partial charge is 0.225 e. The van der Waals surface area contributed by atoms with E-state index in [1.807, 2.05) is 17.5 Å². The Labute approximate surface area is 81.4 Å². The summed E-state index contributed by atoms with van der Waals surface area (Å²) in [7, 11) is 0. The maximum atomic E-state index is 11.3. The van der Waals surface area contributed by atoms with Gasteiger partial charge in [0.1, 0.15) is 0 Å². The molecule has 0 saturated heterocycles. The Kier molecular flexibility index (Phi) is 3.92. The fourth-order valence-corrected chi connectivity index (χ4v) is 1.65. The van der Waals surface area contributed by atoms with Gasteiger partial charge >= 0.3 is 0 Å². The molecular weight excluding hydrogens is 186 g/mol. The zero-order chi connectivity index (χ0) is 9.68. The summed E-state index contributed by atoms with van der Waals surface area (Å²) in [5.74, 6) is -0.0380. The normalized spacial score (nSPS) is 12.5. The first-order valence-corrected chi connectivity index (χ1v) is 5.03. The summed E-state index contributed by atoms with van der Waals surface area (Å²) >= 11 is 1.56. The zero-order valence-electron chi connectivity index (χ0n) is 7.49. The molecular formula is C9H13NO2S. The maximum absolute atomic E-state index is 11.3. The van der Waals surface area contributed by atoms with Crippen LogP contribution in [0.15, 0.2) is 17.5 Å². The second kappa shape index (κ2) is 4.99. The SMILES string of the molecule is C[C@H](CO)NC(=O)Cc1cccs1. The lowest BCUT2D eigenvalue weighted by Gasteiger charge is -2.09. The van der Waals surface area contributed by atoms with E-state index >= 15 is 0 Å². The molecule has 0 spiro atoms. The molecule has 1 aromatic heterocycles. The summed E-state index contributed by atoms with van der Waals surface area (Å²) in [6.45, 7) is 1.75. The Morgan fingerprint density at radius 3 is 3.08 bits per heavy atom. The fraction of sp³-hybridized carbons (Fsp3) is 0.444. The molecule has 1 amide bonds. The highest BCUT2D eigenvalue weighted by atomic mass is 32.1. The lowest BCUT2D eigenvalue weighted by molar-refractivity contribution is -0.121. The average Bonchev–Trinajstić information content (AvgIpc) is 2.56. The first-order chi connectivity index (χ1) is 6.22. The van der Waals surface area contributed by atoms with Crippen LogP contribution in [0.3, 0.4) is 0 Å². The Bertz CT molecular complexity index is 259. The molecule has 3 nitrogen and oxygen atoms in total. The molecule has 1 atom stereocenters. The Morgan fingerprint density at radius 1 is 1.77 bits per heavy atom. The number of aliphatic hydroxyl groups excluding tert-OH is 1. The van der Waals surface area contributed by atoms with Crippen molar-refractivity contribution in [2.75, 3.05) is 6.61 Å². The van der Waals surface area contributed by atoms with E-state index in [2.05, 4.69) is 5.32 Å². The second-order valence-electron chi connectivity index (χ2n) is 2.91. The molecule has 1 heterocycles. The van der Waals surface area contributed by atoms with Crippen molar-refractivity contribution in [3.63, 3.8) is 0 Å². The molecule has 0 aliphatic heterocycles.